The summed E-state index contributed by atoms with van der Waals surface area (Å²) in [6, 6.07) is 3.28. The number of nitrogens with zero attached hydrogens (tertiary/aromatic N) is 4. The van der Waals surface area contributed by atoms with E-state index in [1.54, 1.807) is 19.2 Å². The van der Waals surface area contributed by atoms with Gasteiger partial charge in [-0.1, -0.05) is 0 Å². The lowest BCUT2D eigenvalue weighted by Crippen LogP contribution is -2.37. The Morgan fingerprint density at radius 3 is 2.68 bits per heavy atom. The number of hydrogen-bond acceptors (Lipinski definition) is 7. The highest BCUT2D eigenvalue weighted by molar-refractivity contribution is 7.13. The molecule has 1 N–H and O–H groups in total. The molecular formula is C20H19ClN4O5S. The van der Waals surface area contributed by atoms with Crippen molar-refractivity contribution in [2.75, 3.05) is 6.61 Å². The Hall–Kier alpha value is -2.66. The van der Waals surface area contributed by atoms with Crippen molar-refractivity contribution in [3.8, 4) is 10.7 Å². The maximum Gasteiger partial charge on any atom is 0.331 e. The first-order valence-electron chi connectivity index (χ1n) is 9.58. The molecule has 9 nitrogen and oxygen atoms in total. The Morgan fingerprint density at radius 1 is 1.29 bits per heavy atom. The second kappa shape index (κ2) is 7.20. The molecule has 0 saturated heterocycles. The van der Waals surface area contributed by atoms with Crippen LogP contribution in [0.1, 0.15) is 23.3 Å². The molecule has 0 saturated carbocycles. The van der Waals surface area contributed by atoms with Gasteiger partial charge < -0.3 is 18.8 Å². The third-order valence-corrected chi connectivity index (χ3v) is 6.72. The average Bonchev–Trinajstić information content (AvgIpc) is 3.46. The van der Waals surface area contributed by atoms with Gasteiger partial charge in [-0.05, 0) is 30.7 Å². The largest absolute Gasteiger partial charge is 0.446 e. The van der Waals surface area contributed by atoms with Crippen molar-refractivity contribution in [1.82, 2.24) is 18.7 Å². The summed E-state index contributed by atoms with van der Waals surface area (Å²) in [4.78, 5) is 30.7. The highest BCUT2D eigenvalue weighted by Gasteiger charge is 2.38. The van der Waals surface area contributed by atoms with Crippen LogP contribution in [0.3, 0.4) is 0 Å². The van der Waals surface area contributed by atoms with Gasteiger partial charge in [-0.15, -0.1) is 11.3 Å². The van der Waals surface area contributed by atoms with Crippen LogP contribution in [0.15, 0.2) is 31.5 Å². The molecule has 5 heterocycles. The second-order valence-corrected chi connectivity index (χ2v) is 8.76. The molecule has 5 rings (SSSR count). The van der Waals surface area contributed by atoms with Crippen molar-refractivity contribution < 1.29 is 14.3 Å². The number of aromatic nitrogens is 4. The second-order valence-electron chi connectivity index (χ2n) is 7.53. The van der Waals surface area contributed by atoms with Gasteiger partial charge in [-0.2, -0.15) is 0 Å². The van der Waals surface area contributed by atoms with Gasteiger partial charge in [-0.25, -0.2) is 9.78 Å². The van der Waals surface area contributed by atoms with Crippen molar-refractivity contribution in [3.05, 3.63) is 60.7 Å². The summed E-state index contributed by atoms with van der Waals surface area (Å²) in [6.07, 6.45) is -1.32. The van der Waals surface area contributed by atoms with E-state index in [1.165, 1.54) is 23.0 Å². The Balaban J connectivity index is 1.96. The molecule has 0 spiro atoms. The molecule has 4 aromatic heterocycles. The van der Waals surface area contributed by atoms with Crippen LogP contribution in [0.25, 0.3) is 21.6 Å². The normalized spacial score (nSPS) is 18.6. The summed E-state index contributed by atoms with van der Waals surface area (Å²) in [6.45, 7) is 1.94. The third kappa shape index (κ3) is 2.93. The van der Waals surface area contributed by atoms with Gasteiger partial charge in [0, 0.05) is 25.2 Å². The van der Waals surface area contributed by atoms with Crippen LogP contribution in [0.4, 0.5) is 0 Å². The van der Waals surface area contributed by atoms with Crippen LogP contribution in [-0.2, 0) is 25.4 Å². The molecule has 31 heavy (non-hydrogen) atoms. The number of hydrogen-bond donors (Lipinski definition) is 1. The summed E-state index contributed by atoms with van der Waals surface area (Å²) < 4.78 is 16.2. The van der Waals surface area contributed by atoms with Crippen LogP contribution < -0.4 is 11.2 Å². The summed E-state index contributed by atoms with van der Waals surface area (Å²) in [5.74, 6) is 0.416. The van der Waals surface area contributed by atoms with E-state index in [0.717, 1.165) is 10.3 Å². The summed E-state index contributed by atoms with van der Waals surface area (Å²) >= 11 is 7.42. The van der Waals surface area contributed by atoms with Crippen molar-refractivity contribution in [2.45, 2.75) is 25.7 Å². The van der Waals surface area contributed by atoms with E-state index in [-0.39, 0.29) is 18.4 Å². The molecular weight excluding hydrogens is 444 g/mol. The van der Waals surface area contributed by atoms with Gasteiger partial charge in [0.2, 0.25) is 0 Å². The average molecular weight is 463 g/mol. The lowest BCUT2D eigenvalue weighted by Gasteiger charge is -2.31. The lowest BCUT2D eigenvalue weighted by molar-refractivity contribution is -0.0589. The summed E-state index contributed by atoms with van der Waals surface area (Å²) in [5, 5.41) is 13.0. The van der Waals surface area contributed by atoms with Gasteiger partial charge in [0.05, 0.1) is 41.5 Å². The number of halogens is 1. The number of fused-ring (bicyclic) bond motifs is 3. The molecule has 0 radical (unpaired) electrons. The predicted octanol–water partition coefficient (Wildman–Crippen LogP) is 2.20. The molecule has 1 aliphatic rings. The van der Waals surface area contributed by atoms with E-state index in [4.69, 9.17) is 20.8 Å². The fourth-order valence-corrected chi connectivity index (χ4v) is 5.16. The topological polar surface area (TPSA) is 104 Å². The van der Waals surface area contributed by atoms with Crippen LogP contribution in [0.5, 0.6) is 0 Å². The van der Waals surface area contributed by atoms with Crippen molar-refractivity contribution in [3.63, 3.8) is 0 Å². The molecule has 11 heteroatoms. The molecule has 4 aromatic rings. The van der Waals surface area contributed by atoms with Crippen LogP contribution in [0, 0.1) is 6.92 Å². The molecule has 162 valence electrons. The van der Waals surface area contributed by atoms with Crippen molar-refractivity contribution in [2.24, 2.45) is 14.1 Å². The van der Waals surface area contributed by atoms with Crippen LogP contribution >= 0.6 is 22.9 Å². The fraction of sp³-hybridized carbons (Fsp3) is 0.350. The zero-order valence-electron chi connectivity index (χ0n) is 17.0. The highest BCUT2D eigenvalue weighted by atomic mass is 35.5. The molecule has 0 bridgehead atoms. The van der Waals surface area contributed by atoms with Crippen molar-refractivity contribution >= 4 is 33.8 Å². The zero-order valence-corrected chi connectivity index (χ0v) is 18.5. The first-order valence-corrected chi connectivity index (χ1v) is 10.8. The van der Waals surface area contributed by atoms with E-state index in [1.807, 2.05) is 16.9 Å². The van der Waals surface area contributed by atoms with Crippen LogP contribution in [0.2, 0.25) is 5.22 Å². The molecule has 0 amide bonds. The minimum atomic E-state index is -0.770. The molecule has 2 atom stereocenters. The molecule has 0 fully saturated rings. The maximum atomic E-state index is 13.3. The number of aryl methyl sites for hydroxylation is 2. The minimum absolute atomic E-state index is 0.188. The van der Waals surface area contributed by atoms with E-state index in [9.17, 15) is 14.7 Å². The number of thiazole rings is 1. The Kier molecular flexibility index (Phi) is 4.70. The SMILES string of the molecule is Cc1csc(-c2c3c(=O)n(C)c(=O)n(C)c3c3n2C[C@H](CO)O[C@@H]3c2ccc(Cl)o2)n1. The monoisotopic (exact) mass is 462 g/mol. The Morgan fingerprint density at radius 2 is 2.06 bits per heavy atom. The molecule has 1 aliphatic heterocycles. The third-order valence-electron chi connectivity index (χ3n) is 5.55. The highest BCUT2D eigenvalue weighted by Crippen LogP contribution is 2.43. The number of furan rings is 1. The predicted molar refractivity (Wildman–Crippen MR) is 116 cm³/mol. The van der Waals surface area contributed by atoms with E-state index >= 15 is 0 Å². The lowest BCUT2D eigenvalue weighted by atomic mass is 10.1. The van der Waals surface area contributed by atoms with E-state index in [0.29, 0.717) is 33.1 Å². The summed E-state index contributed by atoms with van der Waals surface area (Å²) in [7, 11) is 3.07. The number of aliphatic hydroxyl groups is 1. The van der Waals surface area contributed by atoms with Gasteiger partial charge in [-0.3, -0.25) is 13.9 Å². The molecule has 0 unspecified atom stereocenters. The number of aliphatic hydroxyl groups excluding tert-OH is 1. The Bertz CT molecular complexity index is 1440. The van der Waals surface area contributed by atoms with E-state index in [2.05, 4.69) is 4.98 Å². The van der Waals surface area contributed by atoms with Crippen molar-refractivity contribution in [1.29, 1.82) is 0 Å². The molecule has 0 aromatic carbocycles. The first kappa shape index (κ1) is 20.3. The zero-order chi connectivity index (χ0) is 22.0. The maximum absolute atomic E-state index is 13.3. The van der Waals surface area contributed by atoms with Gasteiger partial charge >= 0.3 is 5.69 Å². The van der Waals surface area contributed by atoms with Gasteiger partial charge in [0.25, 0.3) is 5.56 Å². The van der Waals surface area contributed by atoms with E-state index < -0.39 is 23.5 Å². The van der Waals surface area contributed by atoms with Crippen LogP contribution in [-0.4, -0.2) is 36.5 Å². The number of ether oxygens (including phenoxy) is 1. The van der Waals surface area contributed by atoms with Gasteiger partial charge in [0.1, 0.15) is 10.8 Å². The standard InChI is InChI=1S/C20H19ClN4O5S/c1-9-8-31-18(22-9)15-13-14(23(2)20(28)24(3)19(13)27)16-17(11-4-5-12(21)30-11)29-10(7-26)6-25(15)16/h4-5,8,10,17,26H,6-7H2,1-3H3/t10-,17-/m1/s1. The smallest absolute Gasteiger partial charge is 0.331 e. The summed E-state index contributed by atoms with van der Waals surface area (Å²) in [5.41, 5.74) is 1.60. The quantitative estimate of drug-likeness (QED) is 0.500. The first-order chi connectivity index (χ1) is 14.8. The Labute approximate surface area is 184 Å². The van der Waals surface area contributed by atoms with Gasteiger partial charge in [0.15, 0.2) is 11.3 Å². The fourth-order valence-electron chi connectivity index (χ4n) is 4.16. The number of rotatable bonds is 3. The minimum Gasteiger partial charge on any atom is -0.446 e. The molecule has 0 aliphatic carbocycles.